The fourth-order valence-corrected chi connectivity index (χ4v) is 4.79. The highest BCUT2D eigenvalue weighted by atomic mass is 32.2. The highest BCUT2D eigenvalue weighted by molar-refractivity contribution is 7.98. The van der Waals surface area contributed by atoms with Crippen molar-refractivity contribution in [2.75, 3.05) is 7.11 Å². The van der Waals surface area contributed by atoms with Crippen LogP contribution in [0, 0.1) is 0 Å². The number of hydrogen-bond acceptors (Lipinski definition) is 7. The van der Waals surface area contributed by atoms with Gasteiger partial charge in [0, 0.05) is 54.1 Å². The first-order chi connectivity index (χ1) is 17.2. The number of aryl methyl sites for hydroxylation is 1. The Labute approximate surface area is 206 Å². The lowest BCUT2D eigenvalue weighted by Crippen LogP contribution is -2.31. The molecule has 176 valence electrons. The van der Waals surface area contributed by atoms with Crippen LogP contribution >= 0.6 is 11.8 Å². The second kappa shape index (κ2) is 10.0. The van der Waals surface area contributed by atoms with Gasteiger partial charge in [-0.05, 0) is 18.2 Å². The Morgan fingerprint density at radius 2 is 1.83 bits per heavy atom. The Morgan fingerprint density at radius 3 is 2.60 bits per heavy atom. The Bertz CT molecular complexity index is 1460. The standard InChI is InChI=1S/C26H23N5O3S/c1-31-15-14-27-24(31)22(18-9-4-5-10-20(18)33-2)30-25(32)23-19(16-35-26-28-12-7-13-29-26)17-8-3-6-11-21(17)34-23/h3-15,22H,16H2,1-2H3,(H,30,32). The minimum atomic E-state index is -0.551. The van der Waals surface area contributed by atoms with Gasteiger partial charge in [-0.25, -0.2) is 15.0 Å². The summed E-state index contributed by atoms with van der Waals surface area (Å²) in [5.41, 5.74) is 2.23. The number of carbonyl (C=O) groups excluding carboxylic acids is 1. The molecule has 0 spiro atoms. The fourth-order valence-electron chi connectivity index (χ4n) is 3.96. The van der Waals surface area contributed by atoms with E-state index in [4.69, 9.17) is 9.15 Å². The van der Waals surface area contributed by atoms with E-state index in [1.807, 2.05) is 66.3 Å². The third kappa shape index (κ3) is 4.63. The SMILES string of the molecule is COc1ccccc1C(NC(=O)c1oc2ccccc2c1CSc1ncccn1)c1nccn1C. The molecule has 0 fully saturated rings. The quantitative estimate of drug-likeness (QED) is 0.250. The third-order valence-electron chi connectivity index (χ3n) is 5.63. The van der Waals surface area contributed by atoms with Gasteiger partial charge in [-0.3, -0.25) is 4.79 Å². The van der Waals surface area contributed by atoms with E-state index in [1.165, 1.54) is 11.8 Å². The van der Waals surface area contributed by atoms with Crippen LogP contribution in [0.2, 0.25) is 0 Å². The topological polar surface area (TPSA) is 95.1 Å². The number of rotatable bonds is 8. The Balaban J connectivity index is 1.52. The molecule has 3 heterocycles. The molecule has 1 amide bonds. The van der Waals surface area contributed by atoms with Crippen LogP contribution in [-0.4, -0.2) is 32.5 Å². The van der Waals surface area contributed by atoms with E-state index in [2.05, 4.69) is 20.3 Å². The first-order valence-corrected chi connectivity index (χ1v) is 12.0. The molecule has 3 aromatic heterocycles. The molecule has 1 atom stereocenters. The number of aromatic nitrogens is 4. The molecule has 0 radical (unpaired) electrons. The molecule has 35 heavy (non-hydrogen) atoms. The fraction of sp³-hybridized carbons (Fsp3) is 0.154. The number of thioether (sulfide) groups is 1. The lowest BCUT2D eigenvalue weighted by molar-refractivity contribution is 0.0914. The molecule has 8 nitrogen and oxygen atoms in total. The van der Waals surface area contributed by atoms with Crippen molar-refractivity contribution in [3.63, 3.8) is 0 Å². The molecule has 2 aromatic carbocycles. The van der Waals surface area contributed by atoms with Crippen LogP contribution in [0.15, 0.2) is 89.0 Å². The normalized spacial score (nSPS) is 11.9. The summed E-state index contributed by atoms with van der Waals surface area (Å²) in [6, 6.07) is 16.4. The molecule has 0 bridgehead atoms. The van der Waals surface area contributed by atoms with Crippen LogP contribution < -0.4 is 10.1 Å². The molecule has 5 rings (SSSR count). The number of imidazole rings is 1. The number of nitrogens with zero attached hydrogens (tertiary/aromatic N) is 4. The van der Waals surface area contributed by atoms with Gasteiger partial charge in [0.15, 0.2) is 10.9 Å². The zero-order chi connectivity index (χ0) is 24.2. The maximum Gasteiger partial charge on any atom is 0.288 e. The molecular weight excluding hydrogens is 462 g/mol. The smallest absolute Gasteiger partial charge is 0.288 e. The average Bonchev–Trinajstić information content (AvgIpc) is 3.50. The maximum atomic E-state index is 13.7. The summed E-state index contributed by atoms with van der Waals surface area (Å²) >= 11 is 1.45. The number of amides is 1. The number of hydrogen-bond donors (Lipinski definition) is 1. The van der Waals surface area contributed by atoms with Crippen molar-refractivity contribution in [1.82, 2.24) is 24.8 Å². The van der Waals surface area contributed by atoms with E-state index >= 15 is 0 Å². The van der Waals surface area contributed by atoms with Gasteiger partial charge in [0.25, 0.3) is 5.91 Å². The zero-order valence-corrected chi connectivity index (χ0v) is 20.0. The van der Waals surface area contributed by atoms with Crippen LogP contribution in [0.25, 0.3) is 11.0 Å². The van der Waals surface area contributed by atoms with Crippen LogP contribution in [0.4, 0.5) is 0 Å². The minimum absolute atomic E-state index is 0.253. The van der Waals surface area contributed by atoms with Crippen molar-refractivity contribution in [2.45, 2.75) is 17.0 Å². The van der Waals surface area contributed by atoms with E-state index < -0.39 is 6.04 Å². The van der Waals surface area contributed by atoms with Gasteiger partial charge in [0.2, 0.25) is 0 Å². The monoisotopic (exact) mass is 485 g/mol. The van der Waals surface area contributed by atoms with Crippen molar-refractivity contribution in [3.05, 3.63) is 102 Å². The number of fused-ring (bicyclic) bond motifs is 1. The molecule has 5 aromatic rings. The van der Waals surface area contributed by atoms with E-state index in [0.717, 1.165) is 16.5 Å². The molecule has 1 N–H and O–H groups in total. The van der Waals surface area contributed by atoms with E-state index in [0.29, 0.717) is 28.1 Å². The first-order valence-electron chi connectivity index (χ1n) is 11.0. The largest absolute Gasteiger partial charge is 0.496 e. The van der Waals surface area contributed by atoms with Crippen LogP contribution in [-0.2, 0) is 12.8 Å². The van der Waals surface area contributed by atoms with E-state index in [-0.39, 0.29) is 11.7 Å². The lowest BCUT2D eigenvalue weighted by atomic mass is 10.0. The summed E-state index contributed by atoms with van der Waals surface area (Å²) in [5, 5.41) is 4.64. The van der Waals surface area contributed by atoms with Gasteiger partial charge in [-0.2, -0.15) is 0 Å². The summed E-state index contributed by atoms with van der Waals surface area (Å²) in [5.74, 6) is 1.72. The van der Waals surface area contributed by atoms with Crippen molar-refractivity contribution in [2.24, 2.45) is 7.05 Å². The van der Waals surface area contributed by atoms with Crippen LogP contribution in [0.5, 0.6) is 5.75 Å². The van der Waals surface area contributed by atoms with Gasteiger partial charge in [-0.1, -0.05) is 48.2 Å². The number of ether oxygens (including phenoxy) is 1. The van der Waals surface area contributed by atoms with Crippen LogP contribution in [0.1, 0.15) is 33.5 Å². The first kappa shape index (κ1) is 22.7. The predicted molar refractivity (Wildman–Crippen MR) is 133 cm³/mol. The highest BCUT2D eigenvalue weighted by Crippen LogP contribution is 2.33. The molecule has 0 aliphatic heterocycles. The molecule has 0 aliphatic rings. The molecule has 0 saturated heterocycles. The van der Waals surface area contributed by atoms with Crippen molar-refractivity contribution < 1.29 is 13.9 Å². The van der Waals surface area contributed by atoms with Gasteiger partial charge in [-0.15, -0.1) is 0 Å². The van der Waals surface area contributed by atoms with Crippen LogP contribution in [0.3, 0.4) is 0 Å². The number of furan rings is 1. The molecule has 9 heteroatoms. The average molecular weight is 486 g/mol. The number of carbonyl (C=O) groups is 1. The van der Waals surface area contributed by atoms with Crippen molar-refractivity contribution >= 4 is 28.6 Å². The van der Waals surface area contributed by atoms with Gasteiger partial charge in [0.1, 0.15) is 23.2 Å². The Hall–Kier alpha value is -4.11. The van der Waals surface area contributed by atoms with Gasteiger partial charge >= 0.3 is 0 Å². The number of benzene rings is 2. The van der Waals surface area contributed by atoms with Crippen molar-refractivity contribution in [3.8, 4) is 5.75 Å². The van der Waals surface area contributed by atoms with Gasteiger partial charge < -0.3 is 19.0 Å². The van der Waals surface area contributed by atoms with E-state index in [9.17, 15) is 4.79 Å². The summed E-state index contributed by atoms with van der Waals surface area (Å²) in [6.07, 6.45) is 6.93. The second-order valence-corrected chi connectivity index (χ2v) is 8.71. The molecule has 1 unspecified atom stereocenters. The molecule has 0 saturated carbocycles. The maximum absolute atomic E-state index is 13.7. The number of methoxy groups -OCH3 is 1. The minimum Gasteiger partial charge on any atom is -0.496 e. The predicted octanol–water partition coefficient (Wildman–Crippen LogP) is 4.78. The van der Waals surface area contributed by atoms with Crippen molar-refractivity contribution in [1.29, 1.82) is 0 Å². The second-order valence-electron chi connectivity index (χ2n) is 7.77. The zero-order valence-electron chi connectivity index (χ0n) is 19.2. The van der Waals surface area contributed by atoms with E-state index in [1.54, 1.807) is 31.8 Å². The summed E-state index contributed by atoms with van der Waals surface area (Å²) in [4.78, 5) is 26.8. The Morgan fingerprint density at radius 1 is 1.06 bits per heavy atom. The third-order valence-corrected chi connectivity index (χ3v) is 6.54. The number of nitrogens with one attached hydrogen (secondary N) is 1. The van der Waals surface area contributed by atoms with Gasteiger partial charge in [0.05, 0.1) is 7.11 Å². The number of para-hydroxylation sites is 2. The summed E-state index contributed by atoms with van der Waals surface area (Å²) in [6.45, 7) is 0. The summed E-state index contributed by atoms with van der Waals surface area (Å²) < 4.78 is 13.5. The molecular formula is C26H23N5O3S. The highest BCUT2D eigenvalue weighted by Gasteiger charge is 2.28. The lowest BCUT2D eigenvalue weighted by Gasteiger charge is -2.21. The summed E-state index contributed by atoms with van der Waals surface area (Å²) in [7, 11) is 3.50. The molecule has 0 aliphatic carbocycles. The Kier molecular flexibility index (Phi) is 6.49.